The van der Waals surface area contributed by atoms with Crippen LogP contribution in [0.25, 0.3) is 0 Å². The predicted molar refractivity (Wildman–Crippen MR) is 99.7 cm³/mol. The Balaban J connectivity index is -0.000000244. The summed E-state index contributed by atoms with van der Waals surface area (Å²) in [5.74, 6) is 0. The van der Waals surface area contributed by atoms with Crippen LogP contribution in [0.4, 0.5) is 0 Å². The van der Waals surface area contributed by atoms with Crippen LogP contribution in [-0.2, 0) is 6.42 Å². The molecule has 1 rings (SSSR count). The number of aryl methyl sites for hydroxylation is 2. The average Bonchev–Trinajstić information content (AvgIpc) is 2.28. The third-order valence-corrected chi connectivity index (χ3v) is 2.76. The van der Waals surface area contributed by atoms with Crippen molar-refractivity contribution in [2.75, 3.05) is 0 Å². The normalized spacial score (nSPS) is 9.10. The lowest BCUT2D eigenvalue weighted by Crippen LogP contribution is -2.04. The molecule has 0 nitrogen and oxygen atoms in total. The van der Waals surface area contributed by atoms with Gasteiger partial charge in [0, 0.05) is 0 Å². The van der Waals surface area contributed by atoms with Crippen LogP contribution < -0.4 is 0 Å². The molecule has 0 amide bonds. The lowest BCUT2D eigenvalue weighted by atomic mass is 9.89. The zero-order valence-corrected chi connectivity index (χ0v) is 12.6. The highest BCUT2D eigenvalue weighted by Crippen LogP contribution is 2.22. The van der Waals surface area contributed by atoms with Crippen molar-refractivity contribution >= 4 is 0 Å². The standard InChI is InChI=1S/C15H24.C2H6.3CH4/c1-13-8-10-14(11-9-13)7-5-6-12-15(2,3)4;1-2;;;/h8-11H,5-7,12H2,1-4H3;1-2H3;3*1H4. The summed E-state index contributed by atoms with van der Waals surface area (Å²) in [6, 6.07) is 8.93. The Kier molecular flexibility index (Phi) is 20.1. The van der Waals surface area contributed by atoms with Crippen LogP contribution in [0.3, 0.4) is 0 Å². The van der Waals surface area contributed by atoms with E-state index in [-0.39, 0.29) is 22.3 Å². The van der Waals surface area contributed by atoms with E-state index in [1.54, 1.807) is 0 Å². The van der Waals surface area contributed by atoms with Crippen LogP contribution in [-0.4, -0.2) is 0 Å². The molecule has 0 aliphatic carbocycles. The van der Waals surface area contributed by atoms with Crippen molar-refractivity contribution in [3.63, 3.8) is 0 Å². The molecule has 0 saturated carbocycles. The monoisotopic (exact) mass is 282 g/mol. The van der Waals surface area contributed by atoms with Gasteiger partial charge in [0.15, 0.2) is 0 Å². The average molecular weight is 283 g/mol. The van der Waals surface area contributed by atoms with Gasteiger partial charge in [0.2, 0.25) is 0 Å². The third-order valence-electron chi connectivity index (χ3n) is 2.76. The van der Waals surface area contributed by atoms with Crippen LogP contribution in [0.15, 0.2) is 24.3 Å². The minimum absolute atomic E-state index is 0. The molecular formula is C20H42. The molecule has 0 bridgehead atoms. The van der Waals surface area contributed by atoms with Gasteiger partial charge in [-0.3, -0.25) is 0 Å². The molecular weight excluding hydrogens is 240 g/mol. The lowest BCUT2D eigenvalue weighted by molar-refractivity contribution is 0.360. The van der Waals surface area contributed by atoms with Gasteiger partial charge in [-0.05, 0) is 37.2 Å². The molecule has 0 saturated heterocycles. The molecule has 0 unspecified atom stereocenters. The van der Waals surface area contributed by atoms with Crippen LogP contribution in [0, 0.1) is 12.3 Å². The number of unbranched alkanes of at least 4 members (excludes halogenated alkanes) is 1. The molecule has 122 valence electrons. The maximum atomic E-state index is 2.32. The molecule has 1 aromatic rings. The molecule has 0 atom stereocenters. The van der Waals surface area contributed by atoms with E-state index in [2.05, 4.69) is 52.0 Å². The van der Waals surface area contributed by atoms with E-state index in [4.69, 9.17) is 0 Å². The zero-order valence-electron chi connectivity index (χ0n) is 12.6. The number of benzene rings is 1. The van der Waals surface area contributed by atoms with Crippen LogP contribution in [0.2, 0.25) is 0 Å². The Morgan fingerprint density at radius 3 is 1.65 bits per heavy atom. The first-order valence-corrected chi connectivity index (χ1v) is 7.03. The van der Waals surface area contributed by atoms with E-state index in [1.165, 1.54) is 36.8 Å². The molecule has 0 aliphatic rings. The second-order valence-electron chi connectivity index (χ2n) is 5.75. The first-order valence-electron chi connectivity index (χ1n) is 7.03. The quantitative estimate of drug-likeness (QED) is 0.496. The van der Waals surface area contributed by atoms with Gasteiger partial charge in [0.05, 0.1) is 0 Å². The SMILES string of the molecule is C.C.C.CC.Cc1ccc(CCCCC(C)(C)C)cc1. The molecule has 0 heteroatoms. The Bertz CT molecular complexity index is 274. The van der Waals surface area contributed by atoms with E-state index in [0.29, 0.717) is 5.41 Å². The van der Waals surface area contributed by atoms with E-state index >= 15 is 0 Å². The Labute approximate surface area is 131 Å². The summed E-state index contributed by atoms with van der Waals surface area (Å²) < 4.78 is 0. The van der Waals surface area contributed by atoms with Crippen molar-refractivity contribution in [2.24, 2.45) is 5.41 Å². The maximum absolute atomic E-state index is 2.32. The molecule has 0 radical (unpaired) electrons. The Morgan fingerprint density at radius 1 is 0.800 bits per heavy atom. The molecule has 20 heavy (non-hydrogen) atoms. The van der Waals surface area contributed by atoms with Gasteiger partial charge in [0.25, 0.3) is 0 Å². The number of rotatable bonds is 4. The number of hydrogen-bond donors (Lipinski definition) is 0. The molecule has 0 aromatic heterocycles. The van der Waals surface area contributed by atoms with E-state index in [0.717, 1.165) is 0 Å². The first-order chi connectivity index (χ1) is 7.97. The second kappa shape index (κ2) is 14.6. The smallest absolute Gasteiger partial charge is 0.0279 e. The minimum Gasteiger partial charge on any atom is -0.0776 e. The fraction of sp³-hybridized carbons (Fsp3) is 0.700. The van der Waals surface area contributed by atoms with Crippen molar-refractivity contribution in [2.45, 2.75) is 89.5 Å². The Hall–Kier alpha value is -0.780. The van der Waals surface area contributed by atoms with Gasteiger partial charge in [-0.25, -0.2) is 0 Å². The molecule has 0 aliphatic heterocycles. The fourth-order valence-electron chi connectivity index (χ4n) is 1.74. The van der Waals surface area contributed by atoms with E-state index < -0.39 is 0 Å². The fourth-order valence-corrected chi connectivity index (χ4v) is 1.74. The van der Waals surface area contributed by atoms with Crippen molar-refractivity contribution < 1.29 is 0 Å². The van der Waals surface area contributed by atoms with Gasteiger partial charge in [-0.15, -0.1) is 0 Å². The molecule has 0 heterocycles. The second-order valence-corrected chi connectivity index (χ2v) is 5.75. The predicted octanol–water partition coefficient (Wildman–Crippen LogP) is 7.69. The van der Waals surface area contributed by atoms with Crippen LogP contribution in [0.5, 0.6) is 0 Å². The van der Waals surface area contributed by atoms with E-state index in [1.807, 2.05) is 13.8 Å². The topological polar surface area (TPSA) is 0 Å². The summed E-state index contributed by atoms with van der Waals surface area (Å²) in [5, 5.41) is 0. The van der Waals surface area contributed by atoms with Gasteiger partial charge in [-0.1, -0.05) is 93.1 Å². The van der Waals surface area contributed by atoms with Crippen molar-refractivity contribution in [3.8, 4) is 0 Å². The van der Waals surface area contributed by atoms with Crippen molar-refractivity contribution in [3.05, 3.63) is 35.4 Å². The number of hydrogen-bond acceptors (Lipinski definition) is 0. The van der Waals surface area contributed by atoms with Crippen LogP contribution in [0.1, 0.15) is 87.3 Å². The summed E-state index contributed by atoms with van der Waals surface area (Å²) in [6.07, 6.45) is 5.23. The lowest BCUT2D eigenvalue weighted by Gasteiger charge is -2.17. The third kappa shape index (κ3) is 15.3. The van der Waals surface area contributed by atoms with E-state index in [9.17, 15) is 0 Å². The minimum atomic E-state index is 0. The molecule has 0 N–H and O–H groups in total. The van der Waals surface area contributed by atoms with Crippen molar-refractivity contribution in [1.82, 2.24) is 0 Å². The van der Waals surface area contributed by atoms with Gasteiger partial charge in [-0.2, -0.15) is 0 Å². The van der Waals surface area contributed by atoms with Gasteiger partial charge >= 0.3 is 0 Å². The molecule has 0 fully saturated rings. The van der Waals surface area contributed by atoms with Gasteiger partial charge in [0.1, 0.15) is 0 Å². The van der Waals surface area contributed by atoms with Gasteiger partial charge < -0.3 is 0 Å². The summed E-state index contributed by atoms with van der Waals surface area (Å²) in [7, 11) is 0. The highest BCUT2D eigenvalue weighted by molar-refractivity contribution is 5.21. The van der Waals surface area contributed by atoms with Crippen molar-refractivity contribution in [1.29, 1.82) is 0 Å². The summed E-state index contributed by atoms with van der Waals surface area (Å²) in [4.78, 5) is 0. The summed E-state index contributed by atoms with van der Waals surface area (Å²) in [6.45, 7) is 13.1. The van der Waals surface area contributed by atoms with Crippen LogP contribution >= 0.6 is 0 Å². The molecule has 1 aromatic carbocycles. The maximum Gasteiger partial charge on any atom is -0.0279 e. The first kappa shape index (κ1) is 27.5. The highest BCUT2D eigenvalue weighted by Gasteiger charge is 2.08. The molecule has 0 spiro atoms. The Morgan fingerprint density at radius 2 is 1.25 bits per heavy atom. The zero-order chi connectivity index (χ0) is 13.3. The summed E-state index contributed by atoms with van der Waals surface area (Å²) in [5.41, 5.74) is 3.33. The summed E-state index contributed by atoms with van der Waals surface area (Å²) >= 11 is 0. The highest BCUT2D eigenvalue weighted by atomic mass is 14.1. The largest absolute Gasteiger partial charge is 0.0776 e.